The molecule has 1 aliphatic rings. The maximum absolute atomic E-state index is 13.4. The fraction of sp³-hybridized carbons (Fsp3) is 0.148. The maximum atomic E-state index is 13.4. The number of Topliss-reactive ketones (excluding diaryl/α,β-unsaturated/α-hetero) is 1. The second-order valence-corrected chi connectivity index (χ2v) is 10.4. The van der Waals surface area contributed by atoms with Gasteiger partial charge in [0.05, 0.1) is 21.8 Å². The second kappa shape index (κ2) is 8.49. The van der Waals surface area contributed by atoms with Crippen molar-refractivity contribution in [2.75, 3.05) is 4.90 Å². The summed E-state index contributed by atoms with van der Waals surface area (Å²) < 4.78 is 1.75. The van der Waals surface area contributed by atoms with Gasteiger partial charge >= 0.3 is 5.91 Å². The smallest absolute Gasteiger partial charge is 0.301 e. The molecule has 1 unspecified atom stereocenters. The third-order valence-electron chi connectivity index (χ3n) is 5.96. The normalized spacial score (nSPS) is 17.6. The molecule has 1 atom stereocenters. The van der Waals surface area contributed by atoms with Gasteiger partial charge in [0.25, 0.3) is 5.78 Å². The number of aliphatic hydroxyl groups excluding tert-OH is 1. The van der Waals surface area contributed by atoms with Crippen LogP contribution >= 0.6 is 27.3 Å². The lowest BCUT2D eigenvalue weighted by molar-refractivity contribution is -0.132. The van der Waals surface area contributed by atoms with Crippen LogP contribution in [0.15, 0.2) is 70.7 Å². The molecule has 5 nitrogen and oxygen atoms in total. The topological polar surface area (TPSA) is 70.5 Å². The van der Waals surface area contributed by atoms with Crippen molar-refractivity contribution in [3.05, 3.63) is 98.5 Å². The summed E-state index contributed by atoms with van der Waals surface area (Å²) in [6, 6.07) is 17.9. The molecule has 4 aromatic rings. The molecule has 1 amide bonds. The molecule has 0 saturated carbocycles. The van der Waals surface area contributed by atoms with Gasteiger partial charge in [-0.1, -0.05) is 75.3 Å². The third-order valence-corrected chi connectivity index (χ3v) is 7.45. The van der Waals surface area contributed by atoms with E-state index in [0.29, 0.717) is 16.3 Å². The van der Waals surface area contributed by atoms with Crippen LogP contribution in [-0.2, 0) is 9.59 Å². The fourth-order valence-electron chi connectivity index (χ4n) is 4.35. The molecule has 1 saturated heterocycles. The van der Waals surface area contributed by atoms with Crippen LogP contribution in [0.4, 0.5) is 5.13 Å². The number of halogens is 1. The summed E-state index contributed by atoms with van der Waals surface area (Å²) in [5.41, 5.74) is 5.19. The minimum Gasteiger partial charge on any atom is -0.507 e. The molecular weight excluding hydrogens is 512 g/mol. The van der Waals surface area contributed by atoms with E-state index in [2.05, 4.69) is 15.9 Å². The molecule has 0 spiro atoms. The number of aromatic nitrogens is 1. The minimum absolute atomic E-state index is 0.0547. The predicted molar refractivity (Wildman–Crippen MR) is 139 cm³/mol. The fourth-order valence-corrected chi connectivity index (χ4v) is 5.94. The summed E-state index contributed by atoms with van der Waals surface area (Å²) in [4.78, 5) is 32.9. The van der Waals surface area contributed by atoms with Crippen molar-refractivity contribution in [3.8, 4) is 0 Å². The number of hydrogen-bond donors (Lipinski definition) is 1. The Morgan fingerprint density at radius 1 is 1.00 bits per heavy atom. The zero-order valence-corrected chi connectivity index (χ0v) is 21.2. The first-order chi connectivity index (χ1) is 16.2. The van der Waals surface area contributed by atoms with Gasteiger partial charge < -0.3 is 5.11 Å². The van der Waals surface area contributed by atoms with Gasteiger partial charge in [0.2, 0.25) is 0 Å². The molecule has 1 aliphatic heterocycles. The van der Waals surface area contributed by atoms with E-state index in [1.165, 1.54) is 16.2 Å². The van der Waals surface area contributed by atoms with Crippen molar-refractivity contribution in [3.63, 3.8) is 0 Å². The van der Waals surface area contributed by atoms with Gasteiger partial charge in [-0.3, -0.25) is 14.5 Å². The number of ketones is 1. The summed E-state index contributed by atoms with van der Waals surface area (Å²) >= 11 is 4.86. The molecule has 5 rings (SSSR count). The lowest BCUT2D eigenvalue weighted by atomic mass is 9.95. The van der Waals surface area contributed by atoms with E-state index in [9.17, 15) is 14.7 Å². The highest BCUT2D eigenvalue weighted by molar-refractivity contribution is 9.10. The lowest BCUT2D eigenvalue weighted by Gasteiger charge is -2.23. The molecule has 170 valence electrons. The number of thiazole rings is 1. The van der Waals surface area contributed by atoms with Gasteiger partial charge in [0.15, 0.2) is 5.13 Å². The number of nitrogens with zero attached hydrogens (tertiary/aromatic N) is 2. The number of benzene rings is 3. The van der Waals surface area contributed by atoms with Gasteiger partial charge in [-0.15, -0.1) is 0 Å². The first-order valence-corrected chi connectivity index (χ1v) is 12.4. The van der Waals surface area contributed by atoms with Crippen LogP contribution in [0.2, 0.25) is 0 Å². The lowest BCUT2D eigenvalue weighted by Crippen LogP contribution is -2.29. The van der Waals surface area contributed by atoms with E-state index in [-0.39, 0.29) is 11.3 Å². The van der Waals surface area contributed by atoms with Gasteiger partial charge in [0, 0.05) is 10.0 Å². The molecule has 7 heteroatoms. The van der Waals surface area contributed by atoms with E-state index in [1.807, 2.05) is 69.3 Å². The van der Waals surface area contributed by atoms with Crippen LogP contribution in [0.5, 0.6) is 0 Å². The number of hydrogen-bond acceptors (Lipinski definition) is 5. The number of aliphatic hydroxyl groups is 1. The molecule has 0 aliphatic carbocycles. The average molecular weight is 533 g/mol. The Hall–Kier alpha value is -3.29. The van der Waals surface area contributed by atoms with Crippen LogP contribution in [0.25, 0.3) is 16.0 Å². The van der Waals surface area contributed by atoms with Crippen molar-refractivity contribution in [2.24, 2.45) is 0 Å². The number of carbonyl (C=O) groups is 2. The van der Waals surface area contributed by atoms with E-state index in [1.54, 1.807) is 12.1 Å². The summed E-state index contributed by atoms with van der Waals surface area (Å²) in [6.07, 6.45) is 0. The maximum Gasteiger partial charge on any atom is 0.301 e. The molecule has 34 heavy (non-hydrogen) atoms. The summed E-state index contributed by atoms with van der Waals surface area (Å²) in [6.45, 7) is 5.94. The van der Waals surface area contributed by atoms with E-state index >= 15 is 0 Å². The van der Waals surface area contributed by atoms with E-state index in [4.69, 9.17) is 4.98 Å². The Morgan fingerprint density at radius 2 is 1.74 bits per heavy atom. The Kier molecular flexibility index (Phi) is 5.62. The Bertz CT molecular complexity index is 1500. The molecule has 0 bridgehead atoms. The van der Waals surface area contributed by atoms with Crippen molar-refractivity contribution in [2.45, 2.75) is 26.8 Å². The molecule has 3 aromatic carbocycles. The van der Waals surface area contributed by atoms with Crippen LogP contribution in [0.3, 0.4) is 0 Å². The van der Waals surface area contributed by atoms with Gasteiger partial charge in [-0.05, 0) is 55.7 Å². The van der Waals surface area contributed by atoms with Crippen molar-refractivity contribution in [1.82, 2.24) is 4.98 Å². The van der Waals surface area contributed by atoms with Gasteiger partial charge in [0.1, 0.15) is 5.76 Å². The largest absolute Gasteiger partial charge is 0.507 e. The number of carbonyl (C=O) groups excluding carboxylic acids is 2. The molecule has 1 fully saturated rings. The molecular formula is C27H21BrN2O3S. The van der Waals surface area contributed by atoms with Crippen LogP contribution < -0.4 is 4.90 Å². The van der Waals surface area contributed by atoms with Crippen LogP contribution in [0, 0.1) is 20.8 Å². The van der Waals surface area contributed by atoms with E-state index in [0.717, 1.165) is 31.4 Å². The first-order valence-electron chi connectivity index (χ1n) is 10.8. The summed E-state index contributed by atoms with van der Waals surface area (Å²) in [5.74, 6) is -1.62. The highest BCUT2D eigenvalue weighted by Gasteiger charge is 2.48. The Morgan fingerprint density at radius 3 is 2.44 bits per heavy atom. The standard InChI is InChI=1S/C27H21BrN2O3S/c1-14-7-9-17(10-8-14)24(31)21-23(18-5-4-6-19(28)13-18)30(26(33)25(21)32)27-29-22-16(3)11-15(2)12-20(22)34-27/h4-13,23,31H,1-3H3/b24-21+. The second-order valence-electron chi connectivity index (χ2n) is 8.52. The summed E-state index contributed by atoms with van der Waals surface area (Å²) in [7, 11) is 0. The Balaban J connectivity index is 1.75. The summed E-state index contributed by atoms with van der Waals surface area (Å²) in [5, 5.41) is 11.7. The van der Waals surface area contributed by atoms with Crippen molar-refractivity contribution >= 4 is 60.1 Å². The first kappa shape index (κ1) is 22.5. The highest BCUT2D eigenvalue weighted by atomic mass is 79.9. The quantitative estimate of drug-likeness (QED) is 0.183. The Labute approximate surface area is 209 Å². The number of amides is 1. The van der Waals surface area contributed by atoms with Gasteiger partial charge in [-0.2, -0.15) is 0 Å². The SMILES string of the molecule is Cc1ccc(/C(O)=C2\C(=O)C(=O)N(c3nc4c(C)cc(C)cc4s3)C2c2cccc(Br)c2)cc1. The van der Waals surface area contributed by atoms with E-state index < -0.39 is 17.7 Å². The number of fused-ring (bicyclic) bond motifs is 1. The number of anilines is 1. The van der Waals surface area contributed by atoms with Crippen molar-refractivity contribution < 1.29 is 14.7 Å². The molecule has 1 aromatic heterocycles. The molecule has 1 N–H and O–H groups in total. The number of rotatable bonds is 3. The van der Waals surface area contributed by atoms with Crippen molar-refractivity contribution in [1.29, 1.82) is 0 Å². The van der Waals surface area contributed by atoms with Crippen LogP contribution in [0.1, 0.15) is 33.9 Å². The highest BCUT2D eigenvalue weighted by Crippen LogP contribution is 2.45. The zero-order valence-electron chi connectivity index (χ0n) is 18.8. The zero-order chi connectivity index (χ0) is 24.1. The number of aryl methyl sites for hydroxylation is 3. The molecule has 0 radical (unpaired) electrons. The molecule has 2 heterocycles. The average Bonchev–Trinajstić information content (AvgIpc) is 3.33. The minimum atomic E-state index is -0.805. The van der Waals surface area contributed by atoms with Crippen LogP contribution in [-0.4, -0.2) is 21.8 Å². The third kappa shape index (κ3) is 3.75. The van der Waals surface area contributed by atoms with Gasteiger partial charge in [-0.25, -0.2) is 4.98 Å². The predicted octanol–water partition coefficient (Wildman–Crippen LogP) is 6.61. The monoisotopic (exact) mass is 532 g/mol.